The molecule has 1 N–H and O–H groups in total. The van der Waals surface area contributed by atoms with Crippen LogP contribution in [-0.2, 0) is 4.79 Å². The highest BCUT2D eigenvalue weighted by atomic mass is 16.5. The summed E-state index contributed by atoms with van der Waals surface area (Å²) >= 11 is 0. The average molecular weight is 384 g/mol. The zero-order valence-electron chi connectivity index (χ0n) is 16.0. The fourth-order valence-electron chi connectivity index (χ4n) is 3.77. The number of hydrogen-bond acceptors (Lipinski definition) is 5. The summed E-state index contributed by atoms with van der Waals surface area (Å²) in [5, 5.41) is 3.08. The molecule has 0 radical (unpaired) electrons. The molecular weight excluding hydrogens is 360 g/mol. The summed E-state index contributed by atoms with van der Waals surface area (Å²) in [5.41, 5.74) is 0.897. The van der Waals surface area contributed by atoms with Gasteiger partial charge in [-0.2, -0.15) is 0 Å². The molecule has 2 amide bonds. The number of carbonyl (C=O) groups excluding carboxylic acids is 2. The van der Waals surface area contributed by atoms with E-state index in [9.17, 15) is 9.59 Å². The van der Waals surface area contributed by atoms with Crippen LogP contribution >= 0.6 is 0 Å². The Kier molecular flexibility index (Phi) is 4.98. The van der Waals surface area contributed by atoms with E-state index < -0.39 is 0 Å². The van der Waals surface area contributed by atoms with Crippen LogP contribution in [0.2, 0.25) is 0 Å². The molecule has 1 aliphatic heterocycles. The SMILES string of the molecule is COc1ccc(C2CN(C(=O)c3ccco3)CC2C(=O)NC2CC2)c(OC)c1. The monoisotopic (exact) mass is 384 g/mol. The molecule has 1 saturated carbocycles. The minimum Gasteiger partial charge on any atom is -0.497 e. The molecule has 1 saturated heterocycles. The van der Waals surface area contributed by atoms with Crippen molar-refractivity contribution >= 4 is 11.8 Å². The lowest BCUT2D eigenvalue weighted by atomic mass is 9.87. The summed E-state index contributed by atoms with van der Waals surface area (Å²) in [6.07, 6.45) is 3.51. The van der Waals surface area contributed by atoms with Gasteiger partial charge in [-0.1, -0.05) is 6.07 Å². The van der Waals surface area contributed by atoms with Crippen molar-refractivity contribution in [3.05, 3.63) is 47.9 Å². The Labute approximate surface area is 163 Å². The summed E-state index contributed by atoms with van der Waals surface area (Å²) in [7, 11) is 3.19. The first-order valence-corrected chi connectivity index (χ1v) is 9.45. The maximum Gasteiger partial charge on any atom is 0.289 e. The maximum atomic E-state index is 12.9. The Morgan fingerprint density at radius 2 is 1.96 bits per heavy atom. The van der Waals surface area contributed by atoms with Gasteiger partial charge in [0.05, 0.1) is 26.4 Å². The number of hydrogen-bond donors (Lipinski definition) is 1. The van der Waals surface area contributed by atoms with E-state index >= 15 is 0 Å². The van der Waals surface area contributed by atoms with E-state index in [2.05, 4.69) is 5.32 Å². The number of furan rings is 1. The molecule has 7 nitrogen and oxygen atoms in total. The largest absolute Gasteiger partial charge is 0.497 e. The summed E-state index contributed by atoms with van der Waals surface area (Å²) < 4.78 is 16.1. The summed E-state index contributed by atoms with van der Waals surface area (Å²) in [6.45, 7) is 0.767. The van der Waals surface area contributed by atoms with Crippen molar-refractivity contribution in [2.24, 2.45) is 5.92 Å². The van der Waals surface area contributed by atoms with Gasteiger partial charge < -0.3 is 24.1 Å². The van der Waals surface area contributed by atoms with Crippen LogP contribution in [0.5, 0.6) is 11.5 Å². The number of carbonyl (C=O) groups is 2. The summed E-state index contributed by atoms with van der Waals surface area (Å²) in [4.78, 5) is 27.4. The van der Waals surface area contributed by atoms with Crippen LogP contribution in [0, 0.1) is 5.92 Å². The van der Waals surface area contributed by atoms with Crippen molar-refractivity contribution in [2.75, 3.05) is 27.3 Å². The van der Waals surface area contributed by atoms with Crippen molar-refractivity contribution < 1.29 is 23.5 Å². The zero-order valence-corrected chi connectivity index (χ0v) is 16.0. The zero-order chi connectivity index (χ0) is 19.7. The average Bonchev–Trinajstić information content (AvgIpc) is 3.21. The molecule has 0 spiro atoms. The topological polar surface area (TPSA) is 81.0 Å². The first-order valence-electron chi connectivity index (χ1n) is 9.45. The van der Waals surface area contributed by atoms with E-state index in [0.717, 1.165) is 18.4 Å². The Morgan fingerprint density at radius 3 is 2.61 bits per heavy atom. The molecule has 148 valence electrons. The van der Waals surface area contributed by atoms with Crippen molar-refractivity contribution in [1.82, 2.24) is 10.2 Å². The highest BCUT2D eigenvalue weighted by Gasteiger charge is 2.43. The van der Waals surface area contributed by atoms with Gasteiger partial charge in [0, 0.05) is 36.7 Å². The van der Waals surface area contributed by atoms with Crippen LogP contribution in [0.3, 0.4) is 0 Å². The Morgan fingerprint density at radius 1 is 1.14 bits per heavy atom. The van der Waals surface area contributed by atoms with Gasteiger partial charge in [-0.25, -0.2) is 0 Å². The quantitative estimate of drug-likeness (QED) is 0.827. The third-order valence-corrected chi connectivity index (χ3v) is 5.44. The smallest absolute Gasteiger partial charge is 0.289 e. The number of likely N-dealkylation sites (tertiary alicyclic amines) is 1. The fraction of sp³-hybridized carbons (Fsp3) is 0.429. The van der Waals surface area contributed by atoms with Crippen molar-refractivity contribution in [3.63, 3.8) is 0 Å². The second kappa shape index (κ2) is 7.58. The molecule has 28 heavy (non-hydrogen) atoms. The predicted octanol–water partition coefficient (Wildman–Crippen LogP) is 2.43. The summed E-state index contributed by atoms with van der Waals surface area (Å²) in [5.74, 6) is 0.885. The normalized spacial score (nSPS) is 21.4. The van der Waals surface area contributed by atoms with Crippen LogP contribution in [0.15, 0.2) is 41.0 Å². The molecule has 2 aromatic rings. The van der Waals surface area contributed by atoms with Crippen LogP contribution < -0.4 is 14.8 Å². The second-order valence-electron chi connectivity index (χ2n) is 7.29. The molecule has 2 atom stereocenters. The molecule has 2 unspecified atom stereocenters. The lowest BCUT2D eigenvalue weighted by Crippen LogP contribution is -2.36. The number of nitrogens with one attached hydrogen (secondary N) is 1. The van der Waals surface area contributed by atoms with Crippen LogP contribution in [0.4, 0.5) is 0 Å². The van der Waals surface area contributed by atoms with Gasteiger partial charge >= 0.3 is 0 Å². The van der Waals surface area contributed by atoms with E-state index in [0.29, 0.717) is 24.6 Å². The molecule has 2 heterocycles. The molecule has 4 rings (SSSR count). The highest BCUT2D eigenvalue weighted by molar-refractivity contribution is 5.93. The minimum absolute atomic E-state index is 0.0138. The Bertz CT molecular complexity index is 860. The van der Waals surface area contributed by atoms with Gasteiger partial charge in [0.1, 0.15) is 11.5 Å². The molecule has 2 fully saturated rings. The molecule has 2 aliphatic rings. The van der Waals surface area contributed by atoms with Gasteiger partial charge in [0.2, 0.25) is 5.91 Å². The van der Waals surface area contributed by atoms with Crippen LogP contribution in [0.1, 0.15) is 34.9 Å². The van der Waals surface area contributed by atoms with Gasteiger partial charge in [-0.3, -0.25) is 9.59 Å². The number of methoxy groups -OCH3 is 2. The van der Waals surface area contributed by atoms with Crippen LogP contribution in [-0.4, -0.2) is 50.1 Å². The Hall–Kier alpha value is -2.96. The van der Waals surface area contributed by atoms with E-state index in [1.807, 2.05) is 18.2 Å². The number of ether oxygens (including phenoxy) is 2. The van der Waals surface area contributed by atoms with E-state index in [1.54, 1.807) is 31.3 Å². The number of nitrogens with zero attached hydrogens (tertiary/aromatic N) is 1. The van der Waals surface area contributed by atoms with Gasteiger partial charge in [-0.05, 0) is 31.0 Å². The lowest BCUT2D eigenvalue weighted by Gasteiger charge is -2.20. The van der Waals surface area contributed by atoms with Crippen molar-refractivity contribution in [2.45, 2.75) is 24.8 Å². The van der Waals surface area contributed by atoms with Gasteiger partial charge in [0.15, 0.2) is 5.76 Å². The molecule has 1 aromatic heterocycles. The third-order valence-electron chi connectivity index (χ3n) is 5.44. The Balaban J connectivity index is 1.63. The van der Waals surface area contributed by atoms with E-state index in [1.165, 1.54) is 6.26 Å². The molecule has 1 aliphatic carbocycles. The van der Waals surface area contributed by atoms with Gasteiger partial charge in [0.25, 0.3) is 5.91 Å². The molecular formula is C21H24N2O5. The van der Waals surface area contributed by atoms with E-state index in [4.69, 9.17) is 13.9 Å². The molecule has 7 heteroatoms. The standard InChI is InChI=1S/C21H24N2O5/c1-26-14-7-8-15(19(10-14)27-2)16-11-23(21(25)18-4-3-9-28-18)12-17(16)20(24)22-13-5-6-13/h3-4,7-10,13,16-17H,5-6,11-12H2,1-2H3,(H,22,24). The fourth-order valence-corrected chi connectivity index (χ4v) is 3.77. The first kappa shape index (κ1) is 18.4. The third kappa shape index (κ3) is 3.56. The number of amides is 2. The second-order valence-corrected chi connectivity index (χ2v) is 7.29. The number of benzene rings is 1. The lowest BCUT2D eigenvalue weighted by molar-refractivity contribution is -0.125. The van der Waals surface area contributed by atoms with Crippen LogP contribution in [0.25, 0.3) is 0 Å². The number of rotatable bonds is 6. The van der Waals surface area contributed by atoms with Gasteiger partial charge in [-0.15, -0.1) is 0 Å². The minimum atomic E-state index is -0.346. The highest BCUT2D eigenvalue weighted by Crippen LogP contribution is 2.40. The van der Waals surface area contributed by atoms with E-state index in [-0.39, 0.29) is 35.5 Å². The first-order chi connectivity index (χ1) is 13.6. The van der Waals surface area contributed by atoms with Crippen molar-refractivity contribution in [1.29, 1.82) is 0 Å². The molecule has 0 bridgehead atoms. The predicted molar refractivity (Wildman–Crippen MR) is 102 cm³/mol. The molecule has 1 aromatic carbocycles. The summed E-state index contributed by atoms with van der Waals surface area (Å²) in [6, 6.07) is 9.17. The van der Waals surface area contributed by atoms with Crippen molar-refractivity contribution in [3.8, 4) is 11.5 Å². The maximum absolute atomic E-state index is 12.9.